The lowest BCUT2D eigenvalue weighted by Gasteiger charge is -2.14. The Morgan fingerprint density at radius 1 is 1.11 bits per heavy atom. The second kappa shape index (κ2) is 12.3. The van der Waals surface area contributed by atoms with E-state index in [1.54, 1.807) is 37.6 Å². The van der Waals surface area contributed by atoms with E-state index in [4.69, 9.17) is 15.9 Å². The summed E-state index contributed by atoms with van der Waals surface area (Å²) in [6, 6.07) is 25.5. The maximum Gasteiger partial charge on any atom is 0.271 e. The molecule has 0 aliphatic rings. The first kappa shape index (κ1) is 26.1. The van der Waals surface area contributed by atoms with Gasteiger partial charge in [-0.25, -0.2) is 5.43 Å². The van der Waals surface area contributed by atoms with Crippen LogP contribution in [-0.2, 0) is 6.42 Å². The zero-order valence-corrected chi connectivity index (χ0v) is 21.5. The Morgan fingerprint density at radius 3 is 2.55 bits per heavy atom. The Bertz CT molecular complexity index is 1490. The summed E-state index contributed by atoms with van der Waals surface area (Å²) >= 11 is 0. The number of hydrogen-bond donors (Lipinski definition) is 1. The number of allylic oxidation sites excluding steroid dienone is 1. The average Bonchev–Trinajstić information content (AvgIpc) is 3.34. The fourth-order valence-electron chi connectivity index (χ4n) is 4.20. The molecular formula is C32H29N3O3. The first-order chi connectivity index (χ1) is 18.5. The number of benzene rings is 3. The number of aryl methyl sites for hydroxylation is 1. The minimum Gasteiger partial charge on any atom is -0.493 e. The van der Waals surface area contributed by atoms with Gasteiger partial charge in [0.15, 0.2) is 11.5 Å². The van der Waals surface area contributed by atoms with Crippen molar-refractivity contribution in [3.8, 4) is 40.8 Å². The van der Waals surface area contributed by atoms with E-state index in [0.717, 1.165) is 33.8 Å². The molecule has 4 rings (SSSR count). The molecule has 0 aliphatic carbocycles. The molecule has 0 saturated carbocycles. The van der Waals surface area contributed by atoms with E-state index >= 15 is 0 Å². The largest absolute Gasteiger partial charge is 0.493 e. The molecule has 190 valence electrons. The van der Waals surface area contributed by atoms with E-state index in [1.807, 2.05) is 36.4 Å². The number of methoxy groups -OCH3 is 1. The Morgan fingerprint density at radius 2 is 1.87 bits per heavy atom. The number of hydrazone groups is 1. The Balaban J connectivity index is 1.49. The van der Waals surface area contributed by atoms with Crippen LogP contribution in [0, 0.1) is 19.3 Å². The highest BCUT2D eigenvalue weighted by Gasteiger charge is 2.13. The normalized spacial score (nSPS) is 10.7. The van der Waals surface area contributed by atoms with Crippen LogP contribution in [0.2, 0.25) is 0 Å². The molecule has 0 atom stereocenters. The predicted molar refractivity (Wildman–Crippen MR) is 152 cm³/mol. The molecule has 0 unspecified atom stereocenters. The Kier molecular flexibility index (Phi) is 8.42. The van der Waals surface area contributed by atoms with Crippen LogP contribution >= 0.6 is 0 Å². The molecule has 3 aromatic carbocycles. The summed E-state index contributed by atoms with van der Waals surface area (Å²) in [6.07, 6.45) is 9.22. The van der Waals surface area contributed by atoms with Crippen molar-refractivity contribution in [1.82, 2.24) is 9.99 Å². The third-order valence-electron chi connectivity index (χ3n) is 5.95. The number of terminal acetylenes is 1. The van der Waals surface area contributed by atoms with Crippen LogP contribution in [0.3, 0.4) is 0 Å². The fraction of sp³-hybridized carbons (Fsp3) is 0.125. The molecule has 1 aromatic heterocycles. The van der Waals surface area contributed by atoms with Gasteiger partial charge in [-0.2, -0.15) is 5.10 Å². The SMILES string of the molecule is C#CCOc1c(CC=C)cc(/C=N/NC(=O)c2ccc(-n3c(C)ccc3-c3ccccc3)cc2)cc1OC. The Labute approximate surface area is 223 Å². The van der Waals surface area contributed by atoms with Gasteiger partial charge < -0.3 is 14.0 Å². The van der Waals surface area contributed by atoms with Crippen LogP contribution in [0.25, 0.3) is 16.9 Å². The second-order valence-electron chi connectivity index (χ2n) is 8.50. The Hall–Kier alpha value is -5.02. The van der Waals surface area contributed by atoms with Crippen LogP contribution in [0.1, 0.15) is 27.2 Å². The zero-order chi connectivity index (χ0) is 26.9. The van der Waals surface area contributed by atoms with Gasteiger partial charge in [-0.1, -0.05) is 42.3 Å². The smallest absolute Gasteiger partial charge is 0.271 e. The van der Waals surface area contributed by atoms with Crippen molar-refractivity contribution in [1.29, 1.82) is 0 Å². The van der Waals surface area contributed by atoms with Crippen molar-refractivity contribution >= 4 is 12.1 Å². The first-order valence-corrected chi connectivity index (χ1v) is 12.1. The molecule has 0 spiro atoms. The quantitative estimate of drug-likeness (QED) is 0.126. The highest BCUT2D eigenvalue weighted by Crippen LogP contribution is 2.33. The van der Waals surface area contributed by atoms with E-state index in [0.29, 0.717) is 23.5 Å². The third-order valence-corrected chi connectivity index (χ3v) is 5.95. The van der Waals surface area contributed by atoms with Gasteiger partial charge in [0.05, 0.1) is 19.0 Å². The molecule has 0 radical (unpaired) electrons. The molecule has 38 heavy (non-hydrogen) atoms. The number of carbonyl (C=O) groups excluding carboxylic acids is 1. The van der Waals surface area contributed by atoms with Gasteiger partial charge in [0.25, 0.3) is 5.91 Å². The number of nitrogens with one attached hydrogen (secondary N) is 1. The van der Waals surface area contributed by atoms with Crippen molar-refractivity contribution in [2.24, 2.45) is 5.10 Å². The molecule has 0 fully saturated rings. The number of amides is 1. The van der Waals surface area contributed by atoms with Gasteiger partial charge >= 0.3 is 0 Å². The van der Waals surface area contributed by atoms with Gasteiger partial charge in [-0.05, 0) is 73.0 Å². The molecule has 6 heteroatoms. The van der Waals surface area contributed by atoms with E-state index in [1.165, 1.54) is 0 Å². The molecular weight excluding hydrogens is 474 g/mol. The molecule has 1 N–H and O–H groups in total. The molecule has 0 bridgehead atoms. The highest BCUT2D eigenvalue weighted by molar-refractivity contribution is 5.95. The van der Waals surface area contributed by atoms with Gasteiger partial charge in [0.1, 0.15) is 6.61 Å². The number of nitrogens with zero attached hydrogens (tertiary/aromatic N) is 2. The first-order valence-electron chi connectivity index (χ1n) is 12.1. The number of aromatic nitrogens is 1. The summed E-state index contributed by atoms with van der Waals surface area (Å²) in [4.78, 5) is 12.7. The summed E-state index contributed by atoms with van der Waals surface area (Å²) in [6.45, 7) is 5.99. The zero-order valence-electron chi connectivity index (χ0n) is 21.5. The number of carbonyl (C=O) groups is 1. The molecule has 6 nitrogen and oxygen atoms in total. The van der Waals surface area contributed by atoms with E-state index in [9.17, 15) is 4.79 Å². The van der Waals surface area contributed by atoms with Crippen LogP contribution in [0.15, 0.2) is 96.6 Å². The van der Waals surface area contributed by atoms with E-state index in [-0.39, 0.29) is 12.5 Å². The summed E-state index contributed by atoms with van der Waals surface area (Å²) in [7, 11) is 1.56. The van der Waals surface area contributed by atoms with Gasteiger partial charge in [0, 0.05) is 22.5 Å². The van der Waals surface area contributed by atoms with Crippen molar-refractivity contribution in [3.63, 3.8) is 0 Å². The molecule has 4 aromatic rings. The van der Waals surface area contributed by atoms with Crippen LogP contribution < -0.4 is 14.9 Å². The van der Waals surface area contributed by atoms with Crippen LogP contribution in [0.5, 0.6) is 11.5 Å². The topological polar surface area (TPSA) is 64.8 Å². The summed E-state index contributed by atoms with van der Waals surface area (Å²) in [5.41, 5.74) is 8.97. The summed E-state index contributed by atoms with van der Waals surface area (Å²) in [5.74, 6) is 3.24. The van der Waals surface area contributed by atoms with Gasteiger partial charge in [-0.3, -0.25) is 4.79 Å². The monoisotopic (exact) mass is 503 g/mol. The average molecular weight is 504 g/mol. The molecule has 1 amide bonds. The standard InChI is InChI=1S/C32H29N3O3/c1-5-10-27-20-24(21-30(37-4)31(27)38-19-6-2)22-33-34-32(36)26-14-16-28(17-15-26)35-23(3)13-18-29(35)25-11-8-7-9-12-25/h2,5,7-9,11-18,20-22H,1,10,19H2,3-4H3,(H,34,36)/b33-22+. The number of rotatable bonds is 10. The summed E-state index contributed by atoms with van der Waals surface area (Å²) < 4.78 is 13.3. The number of ether oxygens (including phenoxy) is 2. The lowest BCUT2D eigenvalue weighted by molar-refractivity contribution is 0.0955. The second-order valence-corrected chi connectivity index (χ2v) is 8.50. The van der Waals surface area contributed by atoms with Gasteiger partial charge in [0.2, 0.25) is 0 Å². The fourth-order valence-corrected chi connectivity index (χ4v) is 4.20. The van der Waals surface area contributed by atoms with Gasteiger partial charge in [-0.15, -0.1) is 13.0 Å². The van der Waals surface area contributed by atoms with E-state index < -0.39 is 0 Å². The molecule has 1 heterocycles. The maximum atomic E-state index is 12.7. The highest BCUT2D eigenvalue weighted by atomic mass is 16.5. The van der Waals surface area contributed by atoms with Crippen LogP contribution in [-0.4, -0.2) is 30.4 Å². The minimum absolute atomic E-state index is 0.125. The molecule has 0 saturated heterocycles. The van der Waals surface area contributed by atoms with Crippen molar-refractivity contribution in [2.45, 2.75) is 13.3 Å². The third kappa shape index (κ3) is 5.85. The predicted octanol–water partition coefficient (Wildman–Crippen LogP) is 5.97. The molecule has 0 aliphatic heterocycles. The van der Waals surface area contributed by atoms with Crippen molar-refractivity contribution in [3.05, 3.63) is 114 Å². The van der Waals surface area contributed by atoms with Crippen molar-refractivity contribution in [2.75, 3.05) is 13.7 Å². The van der Waals surface area contributed by atoms with Crippen molar-refractivity contribution < 1.29 is 14.3 Å². The van der Waals surface area contributed by atoms with Crippen LogP contribution in [0.4, 0.5) is 0 Å². The lowest BCUT2D eigenvalue weighted by Crippen LogP contribution is -2.17. The lowest BCUT2D eigenvalue weighted by atomic mass is 10.1. The maximum absolute atomic E-state index is 12.7. The summed E-state index contributed by atoms with van der Waals surface area (Å²) in [5, 5.41) is 4.14. The minimum atomic E-state index is -0.312. The van der Waals surface area contributed by atoms with E-state index in [2.05, 4.69) is 58.8 Å². The number of hydrogen-bond acceptors (Lipinski definition) is 4.